The molecule has 0 amide bonds. The lowest BCUT2D eigenvalue weighted by molar-refractivity contribution is -0.0623. The molecule has 32 nitrogen and oxygen atoms in total. The molecule has 362 valence electrons. The van der Waals surface area contributed by atoms with E-state index < -0.39 is 115 Å². The van der Waals surface area contributed by atoms with Crippen LogP contribution in [0, 0.1) is 0 Å². The molecule has 0 aromatic carbocycles. The van der Waals surface area contributed by atoms with Crippen LogP contribution in [0.4, 0.5) is 17.5 Å². The quantitative estimate of drug-likeness (QED) is 0.0424. The molecule has 3 fully saturated rings. The van der Waals surface area contributed by atoms with Gasteiger partial charge in [-0.1, -0.05) is 0 Å². The molecular weight excluding hydrogens is 999 g/mol. The largest absolute Gasteiger partial charge is 0.472 e. The molecule has 9 rings (SSSR count). The molecule has 0 aliphatic carbocycles. The second kappa shape index (κ2) is 18.4. The molecule has 0 saturated carbocycles. The fourth-order valence-electron chi connectivity index (χ4n) is 7.53. The van der Waals surface area contributed by atoms with Crippen LogP contribution in [-0.4, -0.2) is 173 Å². The minimum atomic E-state index is -5.29. The summed E-state index contributed by atoms with van der Waals surface area (Å²) in [7, 11) is -5.29. The standard InChI is InChI=1S/C30H38N15O17P3S2/c31-22-13-25(37-4-34-22)43(7-40-13)28-19(49)16(46)10(58-28)1-55-63(50,51)61-20-17(47)12(60-29(20)44-8-41-14-23(32)35-5-38-26(14)44)3-57-65(54,67)62-21-18(48)11(2-56-64(52,53)66)59-30(21)45-9-42-15-24(33)36-6-39-27(15)45/h4-12,16-21,28-30,46-49H,1-3H2,(H,50,51)(H,54,67)(H2,31,34,37)(H2,32,35,38)(H2,33,36,39)(H2,52,53,66). The van der Waals surface area contributed by atoms with Gasteiger partial charge in [0, 0.05) is 0 Å². The summed E-state index contributed by atoms with van der Waals surface area (Å²) in [6, 6.07) is 0. The third-order valence-electron chi connectivity index (χ3n) is 10.7. The summed E-state index contributed by atoms with van der Waals surface area (Å²) >= 11 is 9.84. The van der Waals surface area contributed by atoms with Crippen LogP contribution in [0.1, 0.15) is 18.7 Å². The van der Waals surface area contributed by atoms with Crippen LogP contribution in [0.25, 0.3) is 33.5 Å². The first-order valence-corrected chi connectivity index (χ1v) is 25.9. The van der Waals surface area contributed by atoms with E-state index in [1.807, 2.05) is 0 Å². The highest BCUT2D eigenvalue weighted by molar-refractivity contribution is 8.07. The smallest absolute Gasteiger partial charge is 0.387 e. The number of hydrogen-bond acceptors (Lipinski definition) is 27. The summed E-state index contributed by atoms with van der Waals surface area (Å²) in [5, 5.41) is 44.7. The van der Waals surface area contributed by atoms with Gasteiger partial charge in [-0.3, -0.25) is 27.3 Å². The van der Waals surface area contributed by atoms with Gasteiger partial charge in [0.1, 0.15) is 90.5 Å². The average molecular weight is 1040 g/mol. The van der Waals surface area contributed by atoms with Crippen molar-refractivity contribution in [2.24, 2.45) is 0 Å². The fraction of sp³-hybridized carbons (Fsp3) is 0.500. The predicted octanol–water partition coefficient (Wildman–Crippen LogP) is -3.26. The number of aliphatic hydroxyl groups excluding tert-OH is 4. The highest BCUT2D eigenvalue weighted by atomic mass is 32.5. The summed E-state index contributed by atoms with van der Waals surface area (Å²) < 4.78 is 62.3. The molecule has 14 atom stereocenters. The number of hydrogen-bond donors (Lipinski definition) is 11. The van der Waals surface area contributed by atoms with Crippen LogP contribution < -0.4 is 17.2 Å². The summed E-state index contributed by atoms with van der Waals surface area (Å²) in [5.41, 5.74) is 18.5. The van der Waals surface area contributed by atoms with Crippen molar-refractivity contribution in [1.82, 2.24) is 58.6 Å². The number of phosphoric ester groups is 1. The first kappa shape index (κ1) is 48.0. The number of phosphoric acid groups is 1. The van der Waals surface area contributed by atoms with E-state index >= 15 is 0 Å². The van der Waals surface area contributed by atoms with Gasteiger partial charge in [0.05, 0.1) is 38.8 Å². The predicted molar refractivity (Wildman–Crippen MR) is 228 cm³/mol. The number of imidazole rings is 3. The van der Waals surface area contributed by atoms with E-state index in [1.165, 1.54) is 32.7 Å². The highest BCUT2D eigenvalue weighted by Gasteiger charge is 2.53. The lowest BCUT2D eigenvalue weighted by Gasteiger charge is -2.27. The number of fused-ring (bicyclic) bond motifs is 3. The summed E-state index contributed by atoms with van der Waals surface area (Å²) in [4.78, 5) is 78.3. The zero-order chi connectivity index (χ0) is 47.7. The van der Waals surface area contributed by atoms with E-state index in [4.69, 9.17) is 65.8 Å². The molecule has 0 bridgehead atoms. The zero-order valence-electron chi connectivity index (χ0n) is 33.5. The second-order valence-electron chi connectivity index (χ2n) is 14.9. The van der Waals surface area contributed by atoms with E-state index in [0.29, 0.717) is 0 Å². The monoisotopic (exact) mass is 1040 g/mol. The van der Waals surface area contributed by atoms with Gasteiger partial charge in [-0.2, -0.15) is 0 Å². The lowest BCUT2D eigenvalue weighted by atomic mass is 10.1. The molecule has 6 aromatic heterocycles. The lowest BCUT2D eigenvalue weighted by Crippen LogP contribution is -2.37. The Hall–Kier alpha value is -4.06. The van der Waals surface area contributed by atoms with Crippen molar-refractivity contribution >= 4 is 95.8 Å². The zero-order valence-corrected chi connectivity index (χ0v) is 37.8. The van der Waals surface area contributed by atoms with E-state index in [1.54, 1.807) is 0 Å². The molecule has 3 aliphatic rings. The maximum Gasteiger partial charge on any atom is 0.472 e. The van der Waals surface area contributed by atoms with E-state index in [0.717, 1.165) is 19.0 Å². The van der Waals surface area contributed by atoms with E-state index in [9.17, 15) is 44.6 Å². The number of anilines is 3. The molecule has 6 aromatic rings. The number of nitrogen functional groups attached to an aromatic ring is 3. The van der Waals surface area contributed by atoms with Crippen molar-refractivity contribution < 1.29 is 81.4 Å². The maximum absolute atomic E-state index is 13.6. The Kier molecular flexibility index (Phi) is 13.1. The number of ether oxygens (including phenoxy) is 3. The van der Waals surface area contributed by atoms with Crippen LogP contribution in [0.5, 0.6) is 0 Å². The van der Waals surface area contributed by atoms with E-state index in [-0.39, 0.29) is 50.9 Å². The van der Waals surface area contributed by atoms with Crippen LogP contribution in [0.15, 0.2) is 38.0 Å². The van der Waals surface area contributed by atoms with Gasteiger partial charge < -0.3 is 80.5 Å². The van der Waals surface area contributed by atoms with Gasteiger partial charge in [0.2, 0.25) is 0 Å². The SMILES string of the molecule is Nc1ncnc2c1ncn2C1OC(COP(=O)(O)OC2C(O)C(COP(O)(=S)OC3C(O)C(COP(O)(O)=S)OC3n3cnc4c(N)ncnc43)OC2n2cnc3c(N)ncnc32)C(O)C1O. The molecular formula is C30H38N15O17P3S2. The first-order chi connectivity index (χ1) is 31.7. The Labute approximate surface area is 383 Å². The Morgan fingerprint density at radius 1 is 0.537 bits per heavy atom. The van der Waals surface area contributed by atoms with Crippen molar-refractivity contribution in [2.45, 2.75) is 73.6 Å². The summed E-state index contributed by atoms with van der Waals surface area (Å²) in [5.74, 6) is -0.0129. The topological polar surface area (TPSA) is 462 Å². The molecule has 9 heterocycles. The van der Waals surface area contributed by atoms with Gasteiger partial charge in [-0.05, 0) is 23.6 Å². The van der Waals surface area contributed by atoms with Crippen molar-refractivity contribution in [1.29, 1.82) is 0 Å². The van der Waals surface area contributed by atoms with Crippen molar-refractivity contribution in [3.05, 3.63) is 38.0 Å². The highest BCUT2D eigenvalue weighted by Crippen LogP contribution is 2.53. The van der Waals surface area contributed by atoms with Crippen molar-refractivity contribution in [3.63, 3.8) is 0 Å². The number of nitrogens with two attached hydrogens (primary N) is 3. The summed E-state index contributed by atoms with van der Waals surface area (Å²) in [6.45, 7) is -11.1. The molecule has 3 saturated heterocycles. The van der Waals surface area contributed by atoms with Gasteiger partial charge in [-0.25, -0.2) is 49.4 Å². The van der Waals surface area contributed by atoms with Crippen molar-refractivity contribution in [3.8, 4) is 0 Å². The Balaban J connectivity index is 0.918. The minimum Gasteiger partial charge on any atom is -0.387 e. The van der Waals surface area contributed by atoms with Gasteiger partial charge >= 0.3 is 21.3 Å². The number of nitrogens with zero attached hydrogens (tertiary/aromatic N) is 12. The van der Waals surface area contributed by atoms with Crippen LogP contribution in [0.3, 0.4) is 0 Å². The molecule has 3 aliphatic heterocycles. The third kappa shape index (κ3) is 9.51. The van der Waals surface area contributed by atoms with Crippen LogP contribution >= 0.6 is 21.3 Å². The fourth-order valence-corrected chi connectivity index (χ4v) is 10.4. The number of aromatic nitrogens is 12. The Bertz CT molecular complexity index is 2950. The number of rotatable bonds is 16. The first-order valence-electron chi connectivity index (χ1n) is 19.2. The molecule has 14 unspecified atom stereocenters. The van der Waals surface area contributed by atoms with Gasteiger partial charge in [0.25, 0.3) is 0 Å². The molecule has 14 N–H and O–H groups in total. The van der Waals surface area contributed by atoms with Crippen LogP contribution in [0.2, 0.25) is 0 Å². The molecule has 0 spiro atoms. The Morgan fingerprint density at radius 2 is 0.925 bits per heavy atom. The molecule has 0 radical (unpaired) electrons. The third-order valence-corrected chi connectivity index (χ3v) is 14.0. The Morgan fingerprint density at radius 3 is 1.39 bits per heavy atom. The van der Waals surface area contributed by atoms with E-state index in [2.05, 4.69) is 56.7 Å². The van der Waals surface area contributed by atoms with Crippen LogP contribution in [-0.2, 0) is 65.0 Å². The second-order valence-corrected chi connectivity index (χ2v) is 21.7. The average Bonchev–Trinajstić information content (AvgIpc) is 4.13. The van der Waals surface area contributed by atoms with Gasteiger partial charge in [-0.15, -0.1) is 0 Å². The number of aliphatic hydroxyl groups is 4. The minimum absolute atomic E-state index is 0.00566. The summed E-state index contributed by atoms with van der Waals surface area (Å²) in [6.07, 6.45) is -12.0. The maximum atomic E-state index is 13.6. The van der Waals surface area contributed by atoms with Crippen molar-refractivity contribution in [2.75, 3.05) is 37.0 Å². The molecule has 37 heteroatoms. The molecule has 67 heavy (non-hydrogen) atoms. The van der Waals surface area contributed by atoms with Gasteiger partial charge in [0.15, 0.2) is 53.1 Å². The normalized spacial score (nSPS) is 31.0.